The molecule has 17 heavy (non-hydrogen) atoms. The van der Waals surface area contributed by atoms with Crippen molar-refractivity contribution in [1.82, 2.24) is 10.6 Å². The lowest BCUT2D eigenvalue weighted by Crippen LogP contribution is -2.46. The highest BCUT2D eigenvalue weighted by atomic mass is 16.2. The quantitative estimate of drug-likeness (QED) is 0.713. The minimum absolute atomic E-state index is 0.195. The average molecular weight is 230 g/mol. The third-order valence-corrected chi connectivity index (χ3v) is 1.83. The van der Waals surface area contributed by atoms with Gasteiger partial charge >= 0.3 is 6.03 Å². The standard InChI is InChI=1S/C14H18N2O/c1-14(2,3)16-13(17)15-11-7-10-12-8-5-4-6-9-12/h4-6,8-9H,11H2,1-3H3,(H2,15,16,17). The van der Waals surface area contributed by atoms with Crippen molar-refractivity contribution in [2.75, 3.05) is 6.54 Å². The van der Waals surface area contributed by atoms with Crippen molar-refractivity contribution in [3.63, 3.8) is 0 Å². The molecule has 0 aliphatic heterocycles. The van der Waals surface area contributed by atoms with Gasteiger partial charge in [0.1, 0.15) is 0 Å². The topological polar surface area (TPSA) is 41.1 Å². The van der Waals surface area contributed by atoms with Gasteiger partial charge in [0, 0.05) is 11.1 Å². The molecule has 0 aliphatic rings. The van der Waals surface area contributed by atoms with Gasteiger partial charge in [-0.25, -0.2) is 4.79 Å². The predicted molar refractivity (Wildman–Crippen MR) is 69.6 cm³/mol. The molecule has 3 heteroatoms. The SMILES string of the molecule is CC(C)(C)NC(=O)NCC#Cc1ccccc1. The number of rotatable bonds is 1. The zero-order valence-electron chi connectivity index (χ0n) is 10.5. The number of hydrogen-bond donors (Lipinski definition) is 2. The lowest BCUT2D eigenvalue weighted by atomic mass is 10.1. The summed E-state index contributed by atoms with van der Waals surface area (Å²) in [5, 5.41) is 5.49. The van der Waals surface area contributed by atoms with Crippen molar-refractivity contribution in [2.45, 2.75) is 26.3 Å². The second-order valence-electron chi connectivity index (χ2n) is 4.73. The summed E-state index contributed by atoms with van der Waals surface area (Å²) in [4.78, 5) is 11.4. The van der Waals surface area contributed by atoms with Crippen LogP contribution in [0, 0.1) is 11.8 Å². The summed E-state index contributed by atoms with van der Waals surface area (Å²) in [5.41, 5.74) is 0.724. The molecule has 0 radical (unpaired) electrons. The third-order valence-electron chi connectivity index (χ3n) is 1.83. The second-order valence-corrected chi connectivity index (χ2v) is 4.73. The maximum absolute atomic E-state index is 11.4. The van der Waals surface area contributed by atoms with Gasteiger partial charge in [-0.15, -0.1) is 0 Å². The van der Waals surface area contributed by atoms with E-state index in [4.69, 9.17) is 0 Å². The zero-order valence-corrected chi connectivity index (χ0v) is 10.5. The molecule has 0 bridgehead atoms. The summed E-state index contributed by atoms with van der Waals surface area (Å²) in [7, 11) is 0. The molecule has 0 atom stereocenters. The normalized spacial score (nSPS) is 10.1. The van der Waals surface area contributed by atoms with Gasteiger partial charge < -0.3 is 10.6 Å². The summed E-state index contributed by atoms with van der Waals surface area (Å²) in [6, 6.07) is 9.48. The largest absolute Gasteiger partial charge is 0.334 e. The van der Waals surface area contributed by atoms with E-state index in [9.17, 15) is 4.79 Å². The first-order chi connectivity index (χ1) is 7.97. The van der Waals surface area contributed by atoms with Crippen LogP contribution in [-0.4, -0.2) is 18.1 Å². The van der Waals surface area contributed by atoms with E-state index in [1.165, 1.54) is 0 Å². The van der Waals surface area contributed by atoms with Gasteiger partial charge in [-0.3, -0.25) is 0 Å². The first-order valence-corrected chi connectivity index (χ1v) is 5.57. The molecule has 2 N–H and O–H groups in total. The number of carbonyl (C=O) groups excluding carboxylic acids is 1. The lowest BCUT2D eigenvalue weighted by molar-refractivity contribution is 0.233. The van der Waals surface area contributed by atoms with E-state index >= 15 is 0 Å². The minimum atomic E-state index is -0.225. The summed E-state index contributed by atoms with van der Waals surface area (Å²) in [6.45, 7) is 6.14. The van der Waals surface area contributed by atoms with E-state index in [-0.39, 0.29) is 11.6 Å². The van der Waals surface area contributed by atoms with Crippen LogP contribution in [0.25, 0.3) is 0 Å². The smallest absolute Gasteiger partial charge is 0.315 e. The van der Waals surface area contributed by atoms with Crippen LogP contribution in [0.5, 0.6) is 0 Å². The Balaban J connectivity index is 2.34. The molecule has 90 valence electrons. The van der Waals surface area contributed by atoms with Gasteiger partial charge in [-0.1, -0.05) is 30.0 Å². The Kier molecular flexibility index (Phi) is 4.59. The molecule has 3 nitrogen and oxygen atoms in total. The Hall–Kier alpha value is -1.95. The van der Waals surface area contributed by atoms with Crippen LogP contribution in [0.3, 0.4) is 0 Å². The molecule has 0 aromatic heterocycles. The molecule has 0 heterocycles. The Bertz CT molecular complexity index is 421. The molecule has 0 spiro atoms. The molecule has 2 amide bonds. The molecule has 1 aromatic carbocycles. The van der Waals surface area contributed by atoms with Gasteiger partial charge in [0.2, 0.25) is 0 Å². The number of carbonyl (C=O) groups is 1. The van der Waals surface area contributed by atoms with E-state index in [0.717, 1.165) is 5.56 Å². The molecule has 0 saturated carbocycles. The van der Waals surface area contributed by atoms with Gasteiger partial charge in [-0.2, -0.15) is 0 Å². The number of nitrogens with one attached hydrogen (secondary N) is 2. The summed E-state index contributed by atoms with van der Waals surface area (Å²) < 4.78 is 0. The Morgan fingerprint density at radius 1 is 1.24 bits per heavy atom. The van der Waals surface area contributed by atoms with Crippen LogP contribution < -0.4 is 10.6 Å². The first-order valence-electron chi connectivity index (χ1n) is 5.57. The van der Waals surface area contributed by atoms with Crippen LogP contribution >= 0.6 is 0 Å². The van der Waals surface area contributed by atoms with E-state index in [0.29, 0.717) is 6.54 Å². The van der Waals surface area contributed by atoms with Crippen molar-refractivity contribution in [2.24, 2.45) is 0 Å². The van der Waals surface area contributed by atoms with Crippen molar-refractivity contribution in [3.8, 4) is 11.8 Å². The second kappa shape index (κ2) is 5.95. The maximum atomic E-state index is 11.4. The van der Waals surface area contributed by atoms with Gasteiger partial charge in [0.15, 0.2) is 0 Å². The number of amides is 2. The Morgan fingerprint density at radius 2 is 1.88 bits per heavy atom. The molecule has 1 rings (SSSR count). The molecular weight excluding hydrogens is 212 g/mol. The maximum Gasteiger partial charge on any atom is 0.315 e. The van der Waals surface area contributed by atoms with E-state index in [2.05, 4.69) is 22.5 Å². The van der Waals surface area contributed by atoms with Crippen LogP contribution in [0.4, 0.5) is 4.79 Å². The third kappa shape index (κ3) is 6.26. The van der Waals surface area contributed by atoms with E-state index < -0.39 is 0 Å². The van der Waals surface area contributed by atoms with Crippen LogP contribution in [0.15, 0.2) is 30.3 Å². The zero-order chi connectivity index (χ0) is 12.7. The number of hydrogen-bond acceptors (Lipinski definition) is 1. The number of benzene rings is 1. The van der Waals surface area contributed by atoms with E-state index in [1.807, 2.05) is 51.1 Å². The highest BCUT2D eigenvalue weighted by Gasteiger charge is 2.12. The molecule has 0 saturated heterocycles. The van der Waals surface area contributed by atoms with Crippen molar-refractivity contribution < 1.29 is 4.79 Å². The summed E-state index contributed by atoms with van der Waals surface area (Å²) in [5.74, 6) is 5.87. The number of urea groups is 1. The monoisotopic (exact) mass is 230 g/mol. The highest BCUT2D eigenvalue weighted by molar-refractivity contribution is 5.74. The fraction of sp³-hybridized carbons (Fsp3) is 0.357. The van der Waals surface area contributed by atoms with Crippen molar-refractivity contribution >= 4 is 6.03 Å². The van der Waals surface area contributed by atoms with Crippen LogP contribution in [-0.2, 0) is 0 Å². The van der Waals surface area contributed by atoms with Crippen LogP contribution in [0.1, 0.15) is 26.3 Å². The molecular formula is C14H18N2O. The van der Waals surface area contributed by atoms with Gasteiger partial charge in [0.25, 0.3) is 0 Å². The van der Waals surface area contributed by atoms with Crippen molar-refractivity contribution in [1.29, 1.82) is 0 Å². The Labute approximate surface area is 103 Å². The summed E-state index contributed by atoms with van der Waals surface area (Å²) in [6.07, 6.45) is 0. The van der Waals surface area contributed by atoms with Crippen LogP contribution in [0.2, 0.25) is 0 Å². The van der Waals surface area contributed by atoms with Crippen molar-refractivity contribution in [3.05, 3.63) is 35.9 Å². The molecule has 1 aromatic rings. The molecule has 0 fully saturated rings. The highest BCUT2D eigenvalue weighted by Crippen LogP contribution is 1.97. The first kappa shape index (κ1) is 13.1. The minimum Gasteiger partial charge on any atom is -0.334 e. The average Bonchev–Trinajstić information content (AvgIpc) is 2.23. The fourth-order valence-corrected chi connectivity index (χ4v) is 1.18. The molecule has 0 aliphatic carbocycles. The fourth-order valence-electron chi connectivity index (χ4n) is 1.18. The molecule has 0 unspecified atom stereocenters. The van der Waals surface area contributed by atoms with Gasteiger partial charge in [0.05, 0.1) is 6.54 Å². The lowest BCUT2D eigenvalue weighted by Gasteiger charge is -2.20. The Morgan fingerprint density at radius 3 is 2.47 bits per heavy atom. The predicted octanol–water partition coefficient (Wildman–Crippen LogP) is 2.14. The van der Waals surface area contributed by atoms with E-state index in [1.54, 1.807) is 0 Å². The van der Waals surface area contributed by atoms with Gasteiger partial charge in [-0.05, 0) is 32.9 Å². The summed E-state index contributed by atoms with van der Waals surface area (Å²) >= 11 is 0.